The van der Waals surface area contributed by atoms with E-state index in [0.717, 1.165) is 24.3 Å². The van der Waals surface area contributed by atoms with Crippen molar-refractivity contribution in [2.45, 2.75) is 25.7 Å². The number of isocyanates is 2. The van der Waals surface area contributed by atoms with E-state index < -0.39 is 0 Å². The van der Waals surface area contributed by atoms with Gasteiger partial charge in [-0.05, 0) is 37.0 Å². The van der Waals surface area contributed by atoms with Crippen LogP contribution in [0.2, 0.25) is 1.41 Å². The Morgan fingerprint density at radius 2 is 2.11 bits per heavy atom. The van der Waals surface area contributed by atoms with Crippen molar-refractivity contribution in [1.82, 2.24) is 0 Å². The van der Waals surface area contributed by atoms with Gasteiger partial charge < -0.3 is 0 Å². The molecule has 7 heteroatoms. The molecule has 0 aliphatic heterocycles. The maximum absolute atomic E-state index is 9.88. The maximum atomic E-state index is 9.88. The average Bonchev–Trinajstić information content (AvgIpc) is 3.08. The molecule has 0 amide bonds. The van der Waals surface area contributed by atoms with Gasteiger partial charge in [0.1, 0.15) is 0 Å². The van der Waals surface area contributed by atoms with Crippen LogP contribution in [-0.2, 0) is 9.59 Å². The molecule has 2 saturated carbocycles. The summed E-state index contributed by atoms with van der Waals surface area (Å²) in [5.41, 5.74) is 0. The van der Waals surface area contributed by atoms with Crippen LogP contribution in [0.3, 0.4) is 0 Å². The normalized spacial score (nSPS) is 27.4. The SMILES string of the molecule is CN=C=O.O=C=NCC1CC2CCC1C2.[2H]N=BI. The Hall–Kier alpha value is -0.645. The van der Waals surface area contributed by atoms with E-state index in [1.54, 1.807) is 6.08 Å². The van der Waals surface area contributed by atoms with Crippen molar-refractivity contribution in [3.05, 3.63) is 0 Å². The molecule has 0 aromatic heterocycles. The van der Waals surface area contributed by atoms with Gasteiger partial charge >= 0.3 is 34.0 Å². The summed E-state index contributed by atoms with van der Waals surface area (Å²) in [7, 11) is 1.38. The number of rotatable bonds is 2. The monoisotopic (exact) mass is 362 g/mol. The molecule has 3 atom stereocenters. The third-order valence-corrected chi connectivity index (χ3v) is 3.37. The zero-order valence-electron chi connectivity index (χ0n) is 11.4. The predicted octanol–water partition coefficient (Wildman–Crippen LogP) is 2.51. The molecule has 0 heterocycles. The molecule has 2 bridgehead atoms. The van der Waals surface area contributed by atoms with Gasteiger partial charge in [-0.2, -0.15) is 0 Å². The first-order valence-electron chi connectivity index (χ1n) is 6.23. The molecule has 98 valence electrons. The predicted molar refractivity (Wildman–Crippen MR) is 78.5 cm³/mol. The van der Waals surface area contributed by atoms with Crippen LogP contribution in [0.25, 0.3) is 0 Å². The van der Waals surface area contributed by atoms with E-state index in [2.05, 4.69) is 15.3 Å². The Labute approximate surface area is 123 Å². The van der Waals surface area contributed by atoms with Crippen molar-refractivity contribution in [2.24, 2.45) is 27.7 Å². The van der Waals surface area contributed by atoms with E-state index in [1.165, 1.54) is 43.7 Å². The molecule has 1 N–H and O–H groups in total. The number of carbonyl (C=O) groups excluding carboxylic acids is 2. The second-order valence-corrected chi connectivity index (χ2v) is 4.84. The molecular weight excluding hydrogens is 344 g/mol. The van der Waals surface area contributed by atoms with Gasteiger partial charge in [-0.15, -0.1) is 0 Å². The quantitative estimate of drug-likeness (QED) is 0.355. The van der Waals surface area contributed by atoms with Gasteiger partial charge in [0.15, 0.2) is 0 Å². The minimum absolute atomic E-state index is 0.718. The first kappa shape index (κ1) is 15.4. The third kappa shape index (κ3) is 6.94. The molecule has 2 rings (SSSR count). The van der Waals surface area contributed by atoms with Gasteiger partial charge in [0, 0.05) is 7.05 Å². The van der Waals surface area contributed by atoms with Gasteiger partial charge in [0.05, 0.1) is 6.54 Å². The van der Waals surface area contributed by atoms with Gasteiger partial charge in [-0.25, -0.2) is 19.6 Å². The van der Waals surface area contributed by atoms with Crippen molar-refractivity contribution in [2.75, 3.05) is 13.6 Å². The second kappa shape index (κ2) is 11.4. The summed E-state index contributed by atoms with van der Waals surface area (Å²) >= 11 is 1.87. The van der Waals surface area contributed by atoms with E-state index >= 15 is 0 Å². The Kier molecular flexibility index (Phi) is 9.80. The standard InChI is InChI=1S/C9H13NO.C2H3NO.BHIN/c11-6-10-5-9-4-7-1-2-8(9)3-7;1-3-2-4;2-1-3/h7-9H,1-5H2;1H3;3H/i;;3D. The number of hydrogen-bond donors (Lipinski definition) is 1. The zero-order valence-corrected chi connectivity index (χ0v) is 12.5. The molecule has 2 aliphatic rings. The van der Waals surface area contributed by atoms with Crippen molar-refractivity contribution in [1.29, 1.82) is 5.31 Å². The fourth-order valence-electron chi connectivity index (χ4n) is 2.75. The zero-order chi connectivity index (χ0) is 14.5. The van der Waals surface area contributed by atoms with Crippen LogP contribution in [0.5, 0.6) is 0 Å². The molecule has 0 radical (unpaired) electrons. The first-order valence-corrected chi connectivity index (χ1v) is 7.03. The third-order valence-electron chi connectivity index (χ3n) is 3.37. The second-order valence-electron chi connectivity index (χ2n) is 4.28. The fraction of sp³-hybridized carbons (Fsp3) is 0.818. The summed E-state index contributed by atoms with van der Waals surface area (Å²) in [5.74, 6) is 2.57. The molecule has 5 nitrogen and oxygen atoms in total. The van der Waals surface area contributed by atoms with E-state index in [4.69, 9.17) is 6.21 Å². The number of nitrogens with zero attached hydrogens (tertiary/aromatic N) is 2. The molecule has 2 fully saturated rings. The van der Waals surface area contributed by atoms with Crippen molar-refractivity contribution < 1.29 is 11.0 Å². The number of fused-ring (bicyclic) bond motifs is 2. The van der Waals surface area contributed by atoms with Crippen molar-refractivity contribution in [3.8, 4) is 0 Å². The summed E-state index contributed by atoms with van der Waals surface area (Å²) < 4.78 is 6.01. The van der Waals surface area contributed by atoms with E-state index in [-0.39, 0.29) is 0 Å². The minimum atomic E-state index is 0.718. The molecule has 2 aliphatic carbocycles. The Morgan fingerprint density at radius 1 is 1.44 bits per heavy atom. The van der Waals surface area contributed by atoms with Crippen molar-refractivity contribution >= 4 is 39.5 Å². The Morgan fingerprint density at radius 3 is 2.44 bits per heavy atom. The van der Waals surface area contributed by atoms with Crippen LogP contribution in [0, 0.1) is 23.1 Å². The summed E-state index contributed by atoms with van der Waals surface area (Å²) in [6.45, 7) is 0.741. The molecular formula is C11H17BIN3O2. The summed E-state index contributed by atoms with van der Waals surface area (Å²) in [6, 6.07) is 0. The molecule has 0 spiro atoms. The first-order chi connectivity index (χ1) is 9.23. The van der Waals surface area contributed by atoms with E-state index in [9.17, 15) is 4.79 Å². The van der Waals surface area contributed by atoms with Gasteiger partial charge in [-0.3, -0.25) is 0 Å². The fourth-order valence-corrected chi connectivity index (χ4v) is 2.75. The van der Waals surface area contributed by atoms with E-state index in [0.29, 0.717) is 0 Å². The molecule has 3 unspecified atom stereocenters. The van der Waals surface area contributed by atoms with Crippen LogP contribution in [-0.4, -0.2) is 30.7 Å². The van der Waals surface area contributed by atoms with Crippen LogP contribution in [0.4, 0.5) is 0 Å². The Bertz CT molecular complexity index is 367. The molecule has 0 aromatic carbocycles. The molecule has 0 aromatic rings. The summed E-state index contributed by atoms with van der Waals surface area (Å²) in [6.07, 6.45) is 8.45. The summed E-state index contributed by atoms with van der Waals surface area (Å²) in [4.78, 5) is 26.7. The van der Waals surface area contributed by atoms with Crippen LogP contribution in [0.15, 0.2) is 9.98 Å². The molecule has 18 heavy (non-hydrogen) atoms. The van der Waals surface area contributed by atoms with Gasteiger partial charge in [0.25, 0.3) is 0 Å². The van der Waals surface area contributed by atoms with E-state index in [1.807, 2.05) is 22.4 Å². The van der Waals surface area contributed by atoms with Crippen LogP contribution in [0.1, 0.15) is 25.7 Å². The number of halogens is 1. The van der Waals surface area contributed by atoms with Crippen LogP contribution >= 0.6 is 22.4 Å². The van der Waals surface area contributed by atoms with Gasteiger partial charge in [-0.1, -0.05) is 6.42 Å². The number of aliphatic imine (C=N–C) groups is 2. The van der Waals surface area contributed by atoms with Crippen molar-refractivity contribution in [3.63, 3.8) is 0 Å². The van der Waals surface area contributed by atoms with Crippen LogP contribution < -0.4 is 0 Å². The topological polar surface area (TPSA) is 82.7 Å². The Balaban J connectivity index is 0.000000342. The molecule has 0 saturated heterocycles. The van der Waals surface area contributed by atoms with Gasteiger partial charge in [0.2, 0.25) is 12.2 Å². The summed E-state index contributed by atoms with van der Waals surface area (Å²) in [5, 5.41) is 2.85. The number of nitrogens with one attached hydrogen (secondary N) is 1. The average molecular weight is 362 g/mol. The number of hydrogen-bond acceptors (Lipinski definition) is 5.